The lowest BCUT2D eigenvalue weighted by atomic mass is 10.1. The molecule has 3 heteroatoms. The summed E-state index contributed by atoms with van der Waals surface area (Å²) >= 11 is 6.13. The summed E-state index contributed by atoms with van der Waals surface area (Å²) in [5.74, 6) is 0.943. The molecule has 0 atom stereocenters. The highest BCUT2D eigenvalue weighted by atomic mass is 35.5. The third-order valence-corrected chi connectivity index (χ3v) is 2.65. The molecule has 0 radical (unpaired) electrons. The number of rotatable bonds is 2. The zero-order valence-corrected chi connectivity index (χ0v) is 9.53. The molecule has 16 heavy (non-hydrogen) atoms. The fourth-order valence-corrected chi connectivity index (χ4v) is 1.81. The predicted molar refractivity (Wildman–Crippen MR) is 65.1 cm³/mol. The van der Waals surface area contributed by atoms with Crippen LogP contribution in [0.25, 0.3) is 11.1 Å². The maximum absolute atomic E-state index is 9.40. The molecule has 0 spiro atoms. The smallest absolute Gasteiger partial charge is 0.120 e. The van der Waals surface area contributed by atoms with Gasteiger partial charge in [0.05, 0.1) is 12.1 Å². The van der Waals surface area contributed by atoms with E-state index in [-0.39, 0.29) is 5.75 Å². The number of aromatic hydroxyl groups is 1. The summed E-state index contributed by atoms with van der Waals surface area (Å²) in [5, 5.41) is 10.0. The van der Waals surface area contributed by atoms with E-state index < -0.39 is 0 Å². The summed E-state index contributed by atoms with van der Waals surface area (Å²) in [5.41, 5.74) is 1.76. The third kappa shape index (κ3) is 2.12. The molecule has 0 aliphatic carbocycles. The van der Waals surface area contributed by atoms with Gasteiger partial charge in [-0.25, -0.2) is 0 Å². The summed E-state index contributed by atoms with van der Waals surface area (Å²) in [4.78, 5) is 0. The Morgan fingerprint density at radius 2 is 1.94 bits per heavy atom. The van der Waals surface area contributed by atoms with E-state index in [1.165, 1.54) is 0 Å². The number of halogens is 1. The Labute approximate surface area is 99.1 Å². The van der Waals surface area contributed by atoms with Crippen LogP contribution in [0.15, 0.2) is 42.5 Å². The van der Waals surface area contributed by atoms with E-state index >= 15 is 0 Å². The van der Waals surface area contributed by atoms with Gasteiger partial charge in [0.1, 0.15) is 11.5 Å². The number of hydrogen-bond donors (Lipinski definition) is 1. The van der Waals surface area contributed by atoms with Gasteiger partial charge in [-0.1, -0.05) is 23.7 Å². The molecule has 0 heterocycles. The van der Waals surface area contributed by atoms with Crippen molar-refractivity contribution < 1.29 is 9.84 Å². The molecule has 0 aromatic heterocycles. The first kappa shape index (κ1) is 10.8. The van der Waals surface area contributed by atoms with E-state index in [9.17, 15) is 5.11 Å². The minimum atomic E-state index is 0.226. The monoisotopic (exact) mass is 234 g/mol. The molecule has 1 N–H and O–H groups in total. The van der Waals surface area contributed by atoms with Crippen molar-refractivity contribution in [2.45, 2.75) is 0 Å². The molecule has 0 unspecified atom stereocenters. The fourth-order valence-electron chi connectivity index (χ4n) is 1.53. The zero-order chi connectivity index (χ0) is 11.5. The maximum atomic E-state index is 9.40. The van der Waals surface area contributed by atoms with E-state index in [2.05, 4.69) is 0 Å². The first-order valence-corrected chi connectivity index (χ1v) is 5.21. The Hall–Kier alpha value is -1.67. The van der Waals surface area contributed by atoms with Crippen molar-refractivity contribution in [2.24, 2.45) is 0 Å². The van der Waals surface area contributed by atoms with Crippen molar-refractivity contribution in [1.29, 1.82) is 0 Å². The van der Waals surface area contributed by atoms with E-state index in [4.69, 9.17) is 16.3 Å². The number of methoxy groups -OCH3 is 1. The van der Waals surface area contributed by atoms with Crippen LogP contribution in [0.3, 0.4) is 0 Å². The third-order valence-electron chi connectivity index (χ3n) is 2.33. The second-order valence-electron chi connectivity index (χ2n) is 3.40. The van der Waals surface area contributed by atoms with Gasteiger partial charge >= 0.3 is 0 Å². The molecule has 2 aromatic rings. The largest absolute Gasteiger partial charge is 0.508 e. The molecule has 0 bridgehead atoms. The first-order valence-electron chi connectivity index (χ1n) is 4.83. The quantitative estimate of drug-likeness (QED) is 0.858. The highest BCUT2D eigenvalue weighted by Crippen LogP contribution is 2.32. The Kier molecular flexibility index (Phi) is 3.02. The van der Waals surface area contributed by atoms with Crippen LogP contribution in [-0.4, -0.2) is 12.2 Å². The van der Waals surface area contributed by atoms with Crippen molar-refractivity contribution in [2.75, 3.05) is 7.11 Å². The van der Waals surface area contributed by atoms with Gasteiger partial charge in [-0.15, -0.1) is 0 Å². The van der Waals surface area contributed by atoms with Crippen LogP contribution >= 0.6 is 11.6 Å². The van der Waals surface area contributed by atoms with Crippen LogP contribution in [-0.2, 0) is 0 Å². The Morgan fingerprint density at radius 1 is 1.12 bits per heavy atom. The van der Waals surface area contributed by atoms with E-state index in [0.717, 1.165) is 11.1 Å². The van der Waals surface area contributed by atoms with Gasteiger partial charge in [0.2, 0.25) is 0 Å². The van der Waals surface area contributed by atoms with E-state index in [1.807, 2.05) is 18.2 Å². The van der Waals surface area contributed by atoms with Crippen molar-refractivity contribution in [1.82, 2.24) is 0 Å². The first-order chi connectivity index (χ1) is 7.70. The second-order valence-corrected chi connectivity index (χ2v) is 3.80. The summed E-state index contributed by atoms with van der Waals surface area (Å²) in [6.07, 6.45) is 0. The summed E-state index contributed by atoms with van der Waals surface area (Å²) in [7, 11) is 1.60. The molecule has 0 saturated carbocycles. The average molecular weight is 235 g/mol. The van der Waals surface area contributed by atoms with Gasteiger partial charge < -0.3 is 9.84 Å². The molecule has 2 aromatic carbocycles. The summed E-state index contributed by atoms with van der Waals surface area (Å²) in [6.45, 7) is 0. The molecule has 2 rings (SSSR count). The average Bonchev–Trinajstić information content (AvgIpc) is 2.28. The lowest BCUT2D eigenvalue weighted by molar-refractivity contribution is 0.415. The Morgan fingerprint density at radius 3 is 2.56 bits per heavy atom. The topological polar surface area (TPSA) is 29.5 Å². The molecule has 0 fully saturated rings. The Balaban J connectivity index is 2.48. The van der Waals surface area contributed by atoms with Crippen molar-refractivity contribution in [3.05, 3.63) is 47.5 Å². The maximum Gasteiger partial charge on any atom is 0.120 e. The highest BCUT2D eigenvalue weighted by molar-refractivity contribution is 6.33. The Bertz CT molecular complexity index is 509. The second kappa shape index (κ2) is 4.45. The van der Waals surface area contributed by atoms with Gasteiger partial charge in [-0.3, -0.25) is 0 Å². The molecule has 0 aliphatic rings. The van der Waals surface area contributed by atoms with Crippen molar-refractivity contribution in [3.63, 3.8) is 0 Å². The van der Waals surface area contributed by atoms with Crippen molar-refractivity contribution >= 4 is 11.6 Å². The normalized spacial score (nSPS) is 10.1. The minimum absolute atomic E-state index is 0.226. The van der Waals surface area contributed by atoms with Crippen LogP contribution < -0.4 is 4.74 Å². The summed E-state index contributed by atoms with van der Waals surface area (Å²) < 4.78 is 5.08. The lowest BCUT2D eigenvalue weighted by Gasteiger charge is -2.07. The number of ether oxygens (including phenoxy) is 1. The highest BCUT2D eigenvalue weighted by Gasteiger charge is 2.05. The van der Waals surface area contributed by atoms with Gasteiger partial charge in [-0.2, -0.15) is 0 Å². The zero-order valence-electron chi connectivity index (χ0n) is 8.77. The standard InChI is InChI=1S/C13H11ClO2/c1-16-11-5-6-12(13(14)8-11)9-3-2-4-10(15)7-9/h2-8,15H,1H3. The SMILES string of the molecule is COc1ccc(-c2cccc(O)c2)c(Cl)c1. The van der Waals surface area contributed by atoms with E-state index in [1.54, 1.807) is 31.4 Å². The van der Waals surface area contributed by atoms with Crippen LogP contribution in [0.1, 0.15) is 0 Å². The molecule has 0 amide bonds. The van der Waals surface area contributed by atoms with Crippen LogP contribution in [0, 0.1) is 0 Å². The predicted octanol–water partition coefficient (Wildman–Crippen LogP) is 3.72. The number of phenols is 1. The molecular formula is C13H11ClO2. The summed E-state index contributed by atoms with van der Waals surface area (Å²) in [6, 6.07) is 12.4. The lowest BCUT2D eigenvalue weighted by Crippen LogP contribution is -1.84. The molecule has 0 aliphatic heterocycles. The van der Waals surface area contributed by atoms with Gasteiger partial charge in [0, 0.05) is 5.56 Å². The molecular weight excluding hydrogens is 224 g/mol. The molecule has 0 saturated heterocycles. The van der Waals surface area contributed by atoms with Crippen LogP contribution in [0.4, 0.5) is 0 Å². The molecule has 2 nitrogen and oxygen atoms in total. The van der Waals surface area contributed by atoms with Crippen molar-refractivity contribution in [3.8, 4) is 22.6 Å². The van der Waals surface area contributed by atoms with Crippen LogP contribution in [0.2, 0.25) is 5.02 Å². The van der Waals surface area contributed by atoms with Gasteiger partial charge in [0.25, 0.3) is 0 Å². The number of hydrogen-bond acceptors (Lipinski definition) is 2. The van der Waals surface area contributed by atoms with Gasteiger partial charge in [-0.05, 0) is 35.9 Å². The van der Waals surface area contributed by atoms with Gasteiger partial charge in [0.15, 0.2) is 0 Å². The minimum Gasteiger partial charge on any atom is -0.508 e. The molecule has 82 valence electrons. The van der Waals surface area contributed by atoms with E-state index in [0.29, 0.717) is 10.8 Å². The van der Waals surface area contributed by atoms with Crippen LogP contribution in [0.5, 0.6) is 11.5 Å². The number of phenolic OH excluding ortho intramolecular Hbond substituents is 1. The fraction of sp³-hybridized carbons (Fsp3) is 0.0769. The number of benzene rings is 2.